The number of hydrogen-bond acceptors (Lipinski definition) is 6. The minimum Gasteiger partial charge on any atom is -0.480 e. The van der Waals surface area contributed by atoms with E-state index in [0.29, 0.717) is 11.1 Å². The predicted octanol–water partition coefficient (Wildman–Crippen LogP) is 2.13. The summed E-state index contributed by atoms with van der Waals surface area (Å²) in [4.78, 5) is 47.1. The van der Waals surface area contributed by atoms with Gasteiger partial charge in [0.25, 0.3) is 11.8 Å². The van der Waals surface area contributed by atoms with Gasteiger partial charge in [0.05, 0.1) is 0 Å². The van der Waals surface area contributed by atoms with Gasteiger partial charge in [-0.15, -0.1) is 0 Å². The Morgan fingerprint density at radius 2 is 1.00 bits per heavy atom. The molecule has 0 aliphatic rings. The lowest BCUT2D eigenvalue weighted by Gasteiger charge is -2.16. The Morgan fingerprint density at radius 3 is 1.30 bits per heavy atom. The van der Waals surface area contributed by atoms with Gasteiger partial charge in [-0.25, -0.2) is 9.59 Å². The molecule has 0 saturated carbocycles. The fraction of sp³-hybridized carbons (Fsp3) is 0.200. The van der Waals surface area contributed by atoms with Gasteiger partial charge in [0, 0.05) is 22.6 Å². The highest BCUT2D eigenvalue weighted by Crippen LogP contribution is 2.23. The van der Waals surface area contributed by atoms with Crippen molar-refractivity contribution in [2.45, 2.75) is 12.1 Å². The molecular weight excluding hydrogens is 428 g/mol. The topological polar surface area (TPSA) is 133 Å². The SMILES string of the molecule is O=C(NC(CSSC[C@@H](NC(=O)c1ccccc1)C(=O)O)C(=O)O)c1ccccc1. The van der Waals surface area contributed by atoms with Crippen LogP contribution in [0.25, 0.3) is 0 Å². The summed E-state index contributed by atoms with van der Waals surface area (Å²) in [6, 6.07) is 14.2. The van der Waals surface area contributed by atoms with E-state index in [4.69, 9.17) is 0 Å². The zero-order chi connectivity index (χ0) is 21.9. The van der Waals surface area contributed by atoms with E-state index in [9.17, 15) is 29.4 Å². The summed E-state index contributed by atoms with van der Waals surface area (Å²) in [5.74, 6) is -3.35. The minimum atomic E-state index is -1.19. The molecule has 2 aromatic rings. The van der Waals surface area contributed by atoms with Crippen molar-refractivity contribution < 1.29 is 29.4 Å². The van der Waals surface area contributed by atoms with Gasteiger partial charge in [0.15, 0.2) is 0 Å². The van der Waals surface area contributed by atoms with E-state index in [-0.39, 0.29) is 11.5 Å². The third-order valence-electron chi connectivity index (χ3n) is 3.83. The van der Waals surface area contributed by atoms with Crippen molar-refractivity contribution in [2.75, 3.05) is 11.5 Å². The molecule has 0 radical (unpaired) electrons. The van der Waals surface area contributed by atoms with Crippen LogP contribution in [0, 0.1) is 0 Å². The number of carboxylic acids is 2. The molecule has 0 heterocycles. The quantitative estimate of drug-likeness (QED) is 0.304. The van der Waals surface area contributed by atoms with Crippen LogP contribution in [0.5, 0.6) is 0 Å². The number of aliphatic carboxylic acids is 2. The molecule has 0 bridgehead atoms. The molecule has 0 spiro atoms. The number of benzene rings is 2. The zero-order valence-corrected chi connectivity index (χ0v) is 17.3. The molecule has 0 saturated heterocycles. The molecule has 1 unspecified atom stereocenters. The van der Waals surface area contributed by atoms with E-state index >= 15 is 0 Å². The Balaban J connectivity index is 1.83. The molecule has 4 N–H and O–H groups in total. The highest BCUT2D eigenvalue weighted by molar-refractivity contribution is 8.76. The van der Waals surface area contributed by atoms with E-state index in [1.807, 2.05) is 0 Å². The first-order valence-electron chi connectivity index (χ1n) is 8.80. The van der Waals surface area contributed by atoms with Crippen molar-refractivity contribution in [1.29, 1.82) is 0 Å². The normalized spacial score (nSPS) is 12.4. The van der Waals surface area contributed by atoms with E-state index in [1.165, 1.54) is 0 Å². The summed E-state index contributed by atoms with van der Waals surface area (Å²) in [6.45, 7) is 0. The van der Waals surface area contributed by atoms with Gasteiger partial charge in [-0.2, -0.15) is 0 Å². The zero-order valence-electron chi connectivity index (χ0n) is 15.7. The van der Waals surface area contributed by atoms with Crippen molar-refractivity contribution in [2.24, 2.45) is 0 Å². The van der Waals surface area contributed by atoms with Gasteiger partial charge in [0.2, 0.25) is 0 Å². The second-order valence-corrected chi connectivity index (χ2v) is 8.58. The first kappa shape index (κ1) is 23.3. The van der Waals surface area contributed by atoms with Crippen LogP contribution in [0.4, 0.5) is 0 Å². The monoisotopic (exact) mass is 448 g/mol. The van der Waals surface area contributed by atoms with Gasteiger partial charge in [-0.3, -0.25) is 9.59 Å². The van der Waals surface area contributed by atoms with Gasteiger partial charge < -0.3 is 20.8 Å². The van der Waals surface area contributed by atoms with Gasteiger partial charge in [0.1, 0.15) is 12.1 Å². The van der Waals surface area contributed by atoms with Crippen LogP contribution in [-0.2, 0) is 9.59 Å². The molecule has 2 rings (SSSR count). The average Bonchev–Trinajstić information content (AvgIpc) is 2.75. The van der Waals surface area contributed by atoms with Crippen molar-refractivity contribution in [3.05, 3.63) is 71.8 Å². The standard InChI is InChI=1S/C20H20N2O6S2/c23-17(13-7-3-1-4-8-13)21-15(19(25)26)11-29-30-12-16(20(27)28)22-18(24)14-9-5-2-6-10-14/h1-10,15-16H,11-12H2,(H,21,23)(H,22,24)(H,25,26)(H,27,28)/t15-,16?/m1/s1. The highest BCUT2D eigenvalue weighted by atomic mass is 33.1. The summed E-state index contributed by atoms with van der Waals surface area (Å²) in [5.41, 5.74) is 0.687. The predicted molar refractivity (Wildman–Crippen MR) is 116 cm³/mol. The maximum Gasteiger partial charge on any atom is 0.327 e. The molecule has 158 valence electrons. The van der Waals surface area contributed by atoms with Gasteiger partial charge >= 0.3 is 11.9 Å². The fourth-order valence-electron chi connectivity index (χ4n) is 2.24. The smallest absolute Gasteiger partial charge is 0.327 e. The molecule has 0 fully saturated rings. The van der Waals surface area contributed by atoms with Crippen molar-refractivity contribution in [1.82, 2.24) is 10.6 Å². The molecule has 30 heavy (non-hydrogen) atoms. The summed E-state index contributed by atoms with van der Waals surface area (Å²) in [7, 11) is 2.20. The van der Waals surface area contributed by atoms with E-state index in [0.717, 1.165) is 21.6 Å². The van der Waals surface area contributed by atoms with Crippen LogP contribution in [0.2, 0.25) is 0 Å². The van der Waals surface area contributed by atoms with Gasteiger partial charge in [-0.05, 0) is 24.3 Å². The Labute approximate surface area is 180 Å². The van der Waals surface area contributed by atoms with Crippen LogP contribution >= 0.6 is 21.6 Å². The lowest BCUT2D eigenvalue weighted by molar-refractivity contribution is -0.139. The summed E-state index contributed by atoms with van der Waals surface area (Å²) < 4.78 is 0. The Hall–Kier alpha value is -2.98. The average molecular weight is 449 g/mol. The van der Waals surface area contributed by atoms with Crippen LogP contribution in [0.1, 0.15) is 20.7 Å². The molecule has 2 atom stereocenters. The summed E-state index contributed by atoms with van der Waals surface area (Å²) in [6.07, 6.45) is 0. The van der Waals surface area contributed by atoms with E-state index in [1.54, 1.807) is 60.7 Å². The van der Waals surface area contributed by atoms with E-state index in [2.05, 4.69) is 10.6 Å². The first-order valence-corrected chi connectivity index (χ1v) is 11.3. The number of hydrogen-bond donors (Lipinski definition) is 4. The largest absolute Gasteiger partial charge is 0.480 e. The van der Waals surface area contributed by atoms with Crippen LogP contribution in [0.15, 0.2) is 60.7 Å². The second-order valence-electron chi connectivity index (χ2n) is 6.03. The Bertz CT molecular complexity index is 806. The van der Waals surface area contributed by atoms with Crippen LogP contribution < -0.4 is 10.6 Å². The molecule has 0 aromatic heterocycles. The maximum absolute atomic E-state index is 12.1. The third kappa shape index (κ3) is 7.45. The number of carboxylic acid groups (broad SMARTS) is 2. The molecule has 8 nitrogen and oxygen atoms in total. The molecular formula is C20H20N2O6S2. The Morgan fingerprint density at radius 1 is 0.667 bits per heavy atom. The lowest BCUT2D eigenvalue weighted by atomic mass is 10.2. The second kappa shape index (κ2) is 11.9. The van der Waals surface area contributed by atoms with Crippen molar-refractivity contribution >= 4 is 45.3 Å². The van der Waals surface area contributed by atoms with Crippen LogP contribution in [0.3, 0.4) is 0 Å². The minimum absolute atomic E-state index is 0.0253. The molecule has 2 aromatic carbocycles. The third-order valence-corrected chi connectivity index (χ3v) is 6.25. The van der Waals surface area contributed by atoms with Gasteiger partial charge in [-0.1, -0.05) is 58.0 Å². The number of amides is 2. The number of rotatable bonds is 11. The van der Waals surface area contributed by atoms with Crippen molar-refractivity contribution in [3.63, 3.8) is 0 Å². The lowest BCUT2D eigenvalue weighted by Crippen LogP contribution is -2.43. The number of carbonyl (C=O) groups excluding carboxylic acids is 2. The summed E-state index contributed by atoms with van der Waals surface area (Å²) >= 11 is 0. The summed E-state index contributed by atoms with van der Waals surface area (Å²) in [5, 5.41) is 23.5. The molecule has 0 aliphatic carbocycles. The number of nitrogens with one attached hydrogen (secondary N) is 2. The molecule has 0 aliphatic heterocycles. The fourth-order valence-corrected chi connectivity index (χ4v) is 4.55. The Kier molecular flexibility index (Phi) is 9.23. The van der Waals surface area contributed by atoms with Crippen molar-refractivity contribution in [3.8, 4) is 0 Å². The number of carbonyl (C=O) groups is 4. The van der Waals surface area contributed by atoms with E-state index < -0.39 is 35.8 Å². The first-order chi connectivity index (χ1) is 14.4. The van der Waals surface area contributed by atoms with Crippen LogP contribution in [-0.4, -0.2) is 57.6 Å². The maximum atomic E-state index is 12.1. The molecule has 10 heteroatoms. The highest BCUT2D eigenvalue weighted by Gasteiger charge is 2.23. The molecule has 2 amide bonds.